The minimum Gasteiger partial charge on any atom is -0.497 e. The predicted molar refractivity (Wildman–Crippen MR) is 109 cm³/mol. The number of anilines is 1. The quantitative estimate of drug-likeness (QED) is 0.839. The molecule has 3 rings (SSSR count). The number of methoxy groups -OCH3 is 1. The van der Waals surface area contributed by atoms with E-state index >= 15 is 0 Å². The van der Waals surface area contributed by atoms with Gasteiger partial charge in [0, 0.05) is 24.2 Å². The lowest BCUT2D eigenvalue weighted by Crippen LogP contribution is -2.43. The van der Waals surface area contributed by atoms with Crippen LogP contribution in [0.5, 0.6) is 5.75 Å². The van der Waals surface area contributed by atoms with E-state index in [0.29, 0.717) is 27.3 Å². The molecule has 140 valence electrons. The van der Waals surface area contributed by atoms with E-state index in [1.165, 1.54) is 16.7 Å². The number of amidine groups is 1. The van der Waals surface area contributed by atoms with Gasteiger partial charge in [0.2, 0.25) is 11.8 Å². The van der Waals surface area contributed by atoms with Gasteiger partial charge >= 0.3 is 0 Å². The van der Waals surface area contributed by atoms with Crippen LogP contribution in [0, 0.1) is 0 Å². The third kappa shape index (κ3) is 4.81. The molecule has 2 aromatic carbocycles. The summed E-state index contributed by atoms with van der Waals surface area (Å²) in [6, 6.07) is 14.0. The number of benzene rings is 2. The van der Waals surface area contributed by atoms with Crippen LogP contribution in [0.15, 0.2) is 53.5 Å². The summed E-state index contributed by atoms with van der Waals surface area (Å²) < 4.78 is 5.10. The number of carbonyl (C=O) groups is 2. The number of aliphatic imine (C=N–C) groups is 1. The van der Waals surface area contributed by atoms with Gasteiger partial charge in [-0.2, -0.15) is 0 Å². The molecular weight excluding hydrogens is 386 g/mol. The van der Waals surface area contributed by atoms with Crippen LogP contribution in [0.3, 0.4) is 0 Å². The number of nitrogens with zero attached hydrogens (tertiary/aromatic N) is 2. The molecule has 0 aliphatic carbocycles. The normalized spacial score (nSPS) is 18.5. The molecule has 6 nitrogen and oxygen atoms in total. The Kier molecular flexibility index (Phi) is 6.03. The maximum atomic E-state index is 12.6. The predicted octanol–water partition coefficient (Wildman–Crippen LogP) is 3.94. The highest BCUT2D eigenvalue weighted by atomic mass is 35.5. The Balaban J connectivity index is 1.75. The summed E-state index contributed by atoms with van der Waals surface area (Å²) >= 11 is 7.24. The first-order valence-electron chi connectivity index (χ1n) is 8.18. The summed E-state index contributed by atoms with van der Waals surface area (Å²) in [6.07, 6.45) is 0.109. The molecule has 0 saturated carbocycles. The molecule has 1 unspecified atom stereocenters. The van der Waals surface area contributed by atoms with E-state index in [1.807, 2.05) is 0 Å². The van der Waals surface area contributed by atoms with Crippen molar-refractivity contribution in [1.82, 2.24) is 4.90 Å². The number of halogens is 1. The van der Waals surface area contributed by atoms with E-state index < -0.39 is 5.25 Å². The Morgan fingerprint density at radius 2 is 2.04 bits per heavy atom. The van der Waals surface area contributed by atoms with Gasteiger partial charge in [0.05, 0.1) is 12.8 Å². The second-order valence-corrected chi connectivity index (χ2v) is 7.46. The van der Waals surface area contributed by atoms with Gasteiger partial charge in [-0.15, -0.1) is 0 Å². The molecule has 2 aromatic rings. The Bertz CT molecular complexity index is 886. The van der Waals surface area contributed by atoms with Gasteiger partial charge in [0.15, 0.2) is 5.17 Å². The first-order chi connectivity index (χ1) is 13.0. The third-order valence-electron chi connectivity index (χ3n) is 3.95. The van der Waals surface area contributed by atoms with E-state index in [9.17, 15) is 9.59 Å². The van der Waals surface area contributed by atoms with Crippen LogP contribution in [0.25, 0.3) is 0 Å². The number of thioether (sulfide) groups is 1. The van der Waals surface area contributed by atoms with E-state index in [2.05, 4.69) is 10.3 Å². The van der Waals surface area contributed by atoms with Crippen molar-refractivity contribution in [3.8, 4) is 5.75 Å². The van der Waals surface area contributed by atoms with E-state index in [4.69, 9.17) is 16.3 Å². The van der Waals surface area contributed by atoms with Crippen molar-refractivity contribution in [1.29, 1.82) is 0 Å². The molecule has 8 heteroatoms. The van der Waals surface area contributed by atoms with Gasteiger partial charge in [0.1, 0.15) is 11.0 Å². The molecule has 1 N–H and O–H groups in total. The van der Waals surface area contributed by atoms with Crippen LogP contribution in [0.4, 0.5) is 11.4 Å². The van der Waals surface area contributed by atoms with Crippen LogP contribution in [0.2, 0.25) is 5.02 Å². The first kappa shape index (κ1) is 19.3. The van der Waals surface area contributed by atoms with E-state index in [-0.39, 0.29) is 18.2 Å². The van der Waals surface area contributed by atoms with Crippen molar-refractivity contribution in [2.45, 2.75) is 11.7 Å². The van der Waals surface area contributed by atoms with Crippen LogP contribution >= 0.6 is 23.4 Å². The fraction of sp³-hybridized carbons (Fsp3) is 0.211. The van der Waals surface area contributed by atoms with Crippen molar-refractivity contribution in [3.63, 3.8) is 0 Å². The van der Waals surface area contributed by atoms with E-state index in [1.54, 1.807) is 62.7 Å². The van der Waals surface area contributed by atoms with Crippen LogP contribution in [-0.4, -0.2) is 41.3 Å². The first-order valence-corrected chi connectivity index (χ1v) is 9.44. The molecule has 0 aromatic heterocycles. The fourth-order valence-corrected chi connectivity index (χ4v) is 3.70. The number of carbonyl (C=O) groups excluding carboxylic acids is 2. The zero-order chi connectivity index (χ0) is 19.4. The second kappa shape index (κ2) is 8.45. The van der Waals surface area contributed by atoms with Gasteiger partial charge < -0.3 is 10.1 Å². The number of ether oxygens (including phenoxy) is 1. The monoisotopic (exact) mass is 403 g/mol. The summed E-state index contributed by atoms with van der Waals surface area (Å²) in [6.45, 7) is 0. The molecule has 27 heavy (non-hydrogen) atoms. The van der Waals surface area contributed by atoms with E-state index in [0.717, 1.165) is 0 Å². The maximum Gasteiger partial charge on any atom is 0.238 e. The lowest BCUT2D eigenvalue weighted by Gasteiger charge is -2.28. The highest BCUT2D eigenvalue weighted by Gasteiger charge is 2.34. The van der Waals surface area contributed by atoms with Crippen molar-refractivity contribution in [2.24, 2.45) is 4.99 Å². The van der Waals surface area contributed by atoms with Crippen molar-refractivity contribution >= 4 is 51.7 Å². The fourth-order valence-electron chi connectivity index (χ4n) is 2.45. The van der Waals surface area contributed by atoms with Crippen molar-refractivity contribution < 1.29 is 14.3 Å². The van der Waals surface area contributed by atoms with Gasteiger partial charge in [-0.25, -0.2) is 4.99 Å². The number of nitrogens with one attached hydrogen (secondary N) is 1. The molecule has 1 atom stereocenters. The molecule has 2 amide bonds. The summed E-state index contributed by atoms with van der Waals surface area (Å²) in [4.78, 5) is 30.9. The van der Waals surface area contributed by atoms with Crippen molar-refractivity contribution in [3.05, 3.63) is 53.6 Å². The minimum absolute atomic E-state index is 0.109. The molecule has 1 aliphatic rings. The standard InChI is InChI=1S/C19H18ClN3O3S/c1-23-17(24)11-16(18(25)21-13-6-8-15(26-2)9-7-13)27-19(23)22-14-5-3-4-12(20)10-14/h3-10,16H,11H2,1-2H3,(H,21,25). The van der Waals surface area contributed by atoms with Crippen molar-refractivity contribution in [2.75, 3.05) is 19.5 Å². The highest BCUT2D eigenvalue weighted by molar-refractivity contribution is 8.15. The molecule has 1 heterocycles. The number of hydrogen-bond donors (Lipinski definition) is 1. The van der Waals surface area contributed by atoms with Crippen LogP contribution < -0.4 is 10.1 Å². The zero-order valence-corrected chi connectivity index (χ0v) is 16.4. The average molecular weight is 404 g/mol. The summed E-state index contributed by atoms with van der Waals surface area (Å²) in [7, 11) is 3.23. The summed E-state index contributed by atoms with van der Waals surface area (Å²) in [5.41, 5.74) is 1.27. The second-order valence-electron chi connectivity index (χ2n) is 5.86. The Labute approximate surface area is 166 Å². The summed E-state index contributed by atoms with van der Waals surface area (Å²) in [5, 5.41) is 3.29. The average Bonchev–Trinajstić information content (AvgIpc) is 2.66. The smallest absolute Gasteiger partial charge is 0.238 e. The lowest BCUT2D eigenvalue weighted by atomic mass is 10.2. The summed E-state index contributed by atoms with van der Waals surface area (Å²) in [5.74, 6) is 0.294. The lowest BCUT2D eigenvalue weighted by molar-refractivity contribution is -0.128. The Morgan fingerprint density at radius 3 is 2.70 bits per heavy atom. The molecule has 1 fully saturated rings. The van der Waals surface area contributed by atoms with Gasteiger partial charge in [-0.1, -0.05) is 29.4 Å². The molecule has 1 saturated heterocycles. The molecule has 1 aliphatic heterocycles. The number of rotatable bonds is 4. The minimum atomic E-state index is -0.561. The number of hydrogen-bond acceptors (Lipinski definition) is 5. The van der Waals surface area contributed by atoms with Gasteiger partial charge in [0.25, 0.3) is 0 Å². The zero-order valence-electron chi connectivity index (χ0n) is 14.8. The van der Waals surface area contributed by atoms with Crippen LogP contribution in [0.1, 0.15) is 6.42 Å². The van der Waals surface area contributed by atoms with Gasteiger partial charge in [-0.3, -0.25) is 14.5 Å². The molecule has 0 spiro atoms. The topological polar surface area (TPSA) is 71.0 Å². The largest absolute Gasteiger partial charge is 0.497 e. The molecule has 0 bridgehead atoms. The maximum absolute atomic E-state index is 12.6. The van der Waals surface area contributed by atoms with Crippen LogP contribution in [-0.2, 0) is 9.59 Å². The molecule has 0 radical (unpaired) electrons. The SMILES string of the molecule is COc1ccc(NC(=O)C2CC(=O)N(C)C(=Nc3cccc(Cl)c3)S2)cc1. The highest BCUT2D eigenvalue weighted by Crippen LogP contribution is 2.29. The molecular formula is C19H18ClN3O3S. The Hall–Kier alpha value is -2.51. The Morgan fingerprint density at radius 1 is 1.30 bits per heavy atom. The third-order valence-corrected chi connectivity index (χ3v) is 5.43. The van der Waals surface area contributed by atoms with Gasteiger partial charge in [-0.05, 0) is 42.5 Å². The number of amides is 2.